The largest absolute Gasteiger partial charge is 0.454 e. The molecule has 0 saturated carbocycles. The number of esters is 1. The van der Waals surface area contributed by atoms with E-state index in [-0.39, 0.29) is 19.3 Å². The fourth-order valence-electron chi connectivity index (χ4n) is 2.79. The van der Waals surface area contributed by atoms with Crippen LogP contribution in [0.15, 0.2) is 30.3 Å². The number of hydrogen-bond donors (Lipinski definition) is 1. The predicted molar refractivity (Wildman–Crippen MR) is 92.1 cm³/mol. The van der Waals surface area contributed by atoms with Gasteiger partial charge in [0.25, 0.3) is 5.91 Å². The molecule has 1 heterocycles. The third kappa shape index (κ3) is 3.74. The Balaban J connectivity index is 1.60. The zero-order valence-electron chi connectivity index (χ0n) is 14.3. The highest BCUT2D eigenvalue weighted by atomic mass is 16.7. The van der Waals surface area contributed by atoms with Crippen LogP contribution in [0.1, 0.15) is 27.0 Å². The summed E-state index contributed by atoms with van der Waals surface area (Å²) in [5.41, 5.74) is 4.11. The van der Waals surface area contributed by atoms with Gasteiger partial charge in [-0.25, -0.2) is 4.79 Å². The fraction of sp³-hybridized carbons (Fsp3) is 0.263. The highest BCUT2D eigenvalue weighted by molar-refractivity contribution is 5.96. The summed E-state index contributed by atoms with van der Waals surface area (Å²) in [5.74, 6) is 0.0966. The molecule has 130 valence electrons. The third-order valence-electron chi connectivity index (χ3n) is 3.88. The van der Waals surface area contributed by atoms with Crippen molar-refractivity contribution in [1.29, 1.82) is 0 Å². The van der Waals surface area contributed by atoms with Crippen molar-refractivity contribution in [3.05, 3.63) is 52.6 Å². The van der Waals surface area contributed by atoms with Crippen LogP contribution in [-0.2, 0) is 9.53 Å². The summed E-state index contributed by atoms with van der Waals surface area (Å²) in [6.45, 7) is 5.62. The SMILES string of the molecule is Cc1cc(C)c(NC(=O)COC(=O)c2ccc3c(c2)OCO3)c(C)c1. The molecular formula is C19H19NO5. The molecule has 0 saturated heterocycles. The van der Waals surface area contributed by atoms with Gasteiger partial charge < -0.3 is 19.5 Å². The van der Waals surface area contributed by atoms with E-state index in [4.69, 9.17) is 14.2 Å². The summed E-state index contributed by atoms with van der Waals surface area (Å²) in [6.07, 6.45) is 0. The molecule has 0 fully saturated rings. The molecule has 1 aliphatic heterocycles. The number of aryl methyl sites for hydroxylation is 3. The first-order chi connectivity index (χ1) is 11.9. The number of rotatable bonds is 4. The van der Waals surface area contributed by atoms with Gasteiger partial charge in [0.1, 0.15) is 0 Å². The molecule has 2 aromatic rings. The summed E-state index contributed by atoms with van der Waals surface area (Å²) in [7, 11) is 0. The zero-order chi connectivity index (χ0) is 18.0. The van der Waals surface area contributed by atoms with Crippen molar-refractivity contribution in [2.24, 2.45) is 0 Å². The van der Waals surface area contributed by atoms with Gasteiger partial charge in [-0.3, -0.25) is 4.79 Å². The van der Waals surface area contributed by atoms with Crippen LogP contribution < -0.4 is 14.8 Å². The van der Waals surface area contributed by atoms with Gasteiger partial charge in [0.2, 0.25) is 6.79 Å². The predicted octanol–water partition coefficient (Wildman–Crippen LogP) is 3.14. The summed E-state index contributed by atoms with van der Waals surface area (Å²) in [6, 6.07) is 8.72. The summed E-state index contributed by atoms with van der Waals surface area (Å²) < 4.78 is 15.5. The normalized spacial score (nSPS) is 12.0. The van der Waals surface area contributed by atoms with Crippen molar-refractivity contribution in [1.82, 2.24) is 0 Å². The average molecular weight is 341 g/mol. The van der Waals surface area contributed by atoms with Gasteiger partial charge in [-0.2, -0.15) is 0 Å². The van der Waals surface area contributed by atoms with Crippen LogP contribution in [0.3, 0.4) is 0 Å². The second-order valence-electron chi connectivity index (χ2n) is 5.97. The van der Waals surface area contributed by atoms with Gasteiger partial charge in [0, 0.05) is 5.69 Å². The van der Waals surface area contributed by atoms with E-state index >= 15 is 0 Å². The first kappa shape index (κ1) is 16.8. The lowest BCUT2D eigenvalue weighted by atomic mass is 10.1. The number of fused-ring (bicyclic) bond motifs is 1. The Labute approximate surface area is 145 Å². The summed E-state index contributed by atoms with van der Waals surface area (Å²) in [5, 5.41) is 2.79. The van der Waals surface area contributed by atoms with E-state index in [1.165, 1.54) is 6.07 Å². The highest BCUT2D eigenvalue weighted by Crippen LogP contribution is 2.32. The first-order valence-electron chi connectivity index (χ1n) is 7.88. The lowest BCUT2D eigenvalue weighted by Gasteiger charge is -2.13. The van der Waals surface area contributed by atoms with Gasteiger partial charge in [0.05, 0.1) is 5.56 Å². The second kappa shape index (κ2) is 6.84. The number of amides is 1. The molecule has 25 heavy (non-hydrogen) atoms. The quantitative estimate of drug-likeness (QED) is 0.865. The highest BCUT2D eigenvalue weighted by Gasteiger charge is 2.18. The minimum atomic E-state index is -0.592. The molecule has 0 radical (unpaired) electrons. The molecule has 0 bridgehead atoms. The zero-order valence-corrected chi connectivity index (χ0v) is 14.3. The maximum atomic E-state index is 12.1. The van der Waals surface area contributed by atoms with E-state index in [1.54, 1.807) is 12.1 Å². The molecule has 6 heteroatoms. The van der Waals surface area contributed by atoms with E-state index in [0.29, 0.717) is 17.1 Å². The molecule has 0 aliphatic carbocycles. The van der Waals surface area contributed by atoms with E-state index in [0.717, 1.165) is 22.4 Å². The Hall–Kier alpha value is -3.02. The molecule has 1 amide bonds. The maximum absolute atomic E-state index is 12.1. The Morgan fingerprint density at radius 3 is 2.44 bits per heavy atom. The van der Waals surface area contributed by atoms with Gasteiger partial charge in [-0.05, 0) is 50.1 Å². The monoisotopic (exact) mass is 341 g/mol. The van der Waals surface area contributed by atoms with Gasteiger partial charge in [0.15, 0.2) is 18.1 Å². The van der Waals surface area contributed by atoms with Gasteiger partial charge in [-0.15, -0.1) is 0 Å². The molecule has 1 N–H and O–H groups in total. The Morgan fingerprint density at radius 2 is 1.72 bits per heavy atom. The van der Waals surface area contributed by atoms with E-state index < -0.39 is 5.97 Å². The van der Waals surface area contributed by atoms with Crippen molar-refractivity contribution in [2.75, 3.05) is 18.7 Å². The number of nitrogens with one attached hydrogen (secondary N) is 1. The van der Waals surface area contributed by atoms with Crippen molar-refractivity contribution in [2.45, 2.75) is 20.8 Å². The van der Waals surface area contributed by atoms with Crippen LogP contribution in [0, 0.1) is 20.8 Å². The van der Waals surface area contributed by atoms with E-state index in [2.05, 4.69) is 5.32 Å². The molecule has 1 aliphatic rings. The number of carbonyl (C=O) groups is 2. The molecule has 0 spiro atoms. The Bertz CT molecular complexity index is 821. The molecule has 2 aromatic carbocycles. The van der Waals surface area contributed by atoms with Gasteiger partial charge >= 0.3 is 5.97 Å². The number of ether oxygens (including phenoxy) is 3. The van der Waals surface area contributed by atoms with Crippen LogP contribution in [0.4, 0.5) is 5.69 Å². The number of hydrogen-bond acceptors (Lipinski definition) is 5. The molecule has 0 aromatic heterocycles. The molecule has 0 atom stereocenters. The van der Waals surface area contributed by atoms with Crippen molar-refractivity contribution in [3.63, 3.8) is 0 Å². The van der Waals surface area contributed by atoms with Crippen molar-refractivity contribution < 1.29 is 23.8 Å². The smallest absolute Gasteiger partial charge is 0.338 e. The summed E-state index contributed by atoms with van der Waals surface area (Å²) in [4.78, 5) is 24.2. The van der Waals surface area contributed by atoms with Crippen molar-refractivity contribution in [3.8, 4) is 11.5 Å². The summed E-state index contributed by atoms with van der Waals surface area (Å²) >= 11 is 0. The molecular weight excluding hydrogens is 322 g/mol. The van der Waals surface area contributed by atoms with Crippen LogP contribution in [0.25, 0.3) is 0 Å². The standard InChI is InChI=1S/C19H19NO5/c1-11-6-12(2)18(13(3)7-11)20-17(21)9-23-19(22)14-4-5-15-16(8-14)25-10-24-15/h4-8H,9-10H2,1-3H3,(H,20,21). The second-order valence-corrected chi connectivity index (χ2v) is 5.97. The van der Waals surface area contributed by atoms with Crippen LogP contribution in [0.2, 0.25) is 0 Å². The lowest BCUT2D eigenvalue weighted by molar-refractivity contribution is -0.119. The fourth-order valence-corrected chi connectivity index (χ4v) is 2.79. The topological polar surface area (TPSA) is 73.9 Å². The van der Waals surface area contributed by atoms with Gasteiger partial charge in [-0.1, -0.05) is 17.7 Å². The maximum Gasteiger partial charge on any atom is 0.338 e. The van der Waals surface area contributed by atoms with Crippen LogP contribution in [0.5, 0.6) is 11.5 Å². The van der Waals surface area contributed by atoms with Crippen molar-refractivity contribution >= 4 is 17.6 Å². The third-order valence-corrected chi connectivity index (χ3v) is 3.88. The first-order valence-corrected chi connectivity index (χ1v) is 7.88. The molecule has 6 nitrogen and oxygen atoms in total. The van der Waals surface area contributed by atoms with E-state index in [1.807, 2.05) is 32.9 Å². The lowest BCUT2D eigenvalue weighted by Crippen LogP contribution is -2.22. The molecule has 0 unspecified atom stereocenters. The minimum Gasteiger partial charge on any atom is -0.454 e. The Morgan fingerprint density at radius 1 is 1.04 bits per heavy atom. The average Bonchev–Trinajstić information content (AvgIpc) is 3.03. The van der Waals surface area contributed by atoms with Crippen LogP contribution in [-0.4, -0.2) is 25.3 Å². The Kier molecular flexibility index (Phi) is 4.61. The number of anilines is 1. The minimum absolute atomic E-state index is 0.130. The van der Waals surface area contributed by atoms with E-state index in [9.17, 15) is 9.59 Å². The number of carbonyl (C=O) groups excluding carboxylic acids is 2. The number of benzene rings is 2. The molecule has 3 rings (SSSR count). The van der Waals surface area contributed by atoms with Crippen LogP contribution >= 0.6 is 0 Å².